The molecule has 0 bridgehead atoms. The molecular weight excluding hydrogens is 370 g/mol. The van der Waals surface area contributed by atoms with Crippen LogP contribution in [0.2, 0.25) is 0 Å². The highest BCUT2D eigenvalue weighted by atomic mass is 16.6. The molecule has 3 aromatic rings. The van der Waals surface area contributed by atoms with Crippen molar-refractivity contribution in [1.82, 2.24) is 5.01 Å². The molecule has 0 aliphatic carbocycles. The van der Waals surface area contributed by atoms with Crippen LogP contribution in [0.25, 0.3) is 0 Å². The molecule has 7 heteroatoms. The van der Waals surface area contributed by atoms with Crippen molar-refractivity contribution in [3.05, 3.63) is 106 Å². The van der Waals surface area contributed by atoms with E-state index in [1.165, 1.54) is 6.26 Å². The number of carbonyl (C=O) groups excluding carboxylic acids is 1. The van der Waals surface area contributed by atoms with Crippen LogP contribution in [0.15, 0.2) is 82.5 Å². The molecule has 7 nitrogen and oxygen atoms in total. The normalized spacial score (nSPS) is 24.8. The first-order valence-electron chi connectivity index (χ1n) is 9.34. The number of nitro groups is 1. The second-order valence-electron chi connectivity index (χ2n) is 7.19. The first-order chi connectivity index (χ1) is 14.2. The minimum atomic E-state index is -1.07. The Morgan fingerprint density at radius 2 is 1.79 bits per heavy atom. The fourth-order valence-corrected chi connectivity index (χ4v) is 4.48. The van der Waals surface area contributed by atoms with E-state index in [1.54, 1.807) is 47.6 Å². The third kappa shape index (κ3) is 2.66. The van der Waals surface area contributed by atoms with Gasteiger partial charge in [0.1, 0.15) is 23.8 Å². The molecule has 4 atom stereocenters. The van der Waals surface area contributed by atoms with Crippen LogP contribution >= 0.6 is 0 Å². The number of hydrogen-bond acceptors (Lipinski definition) is 6. The maximum Gasteiger partial charge on any atom is 0.251 e. The topological polar surface area (TPSA) is 88.9 Å². The number of fused-ring (bicyclic) bond motifs is 3. The van der Waals surface area contributed by atoms with E-state index < -0.39 is 24.0 Å². The van der Waals surface area contributed by atoms with Gasteiger partial charge < -0.3 is 4.42 Å². The van der Waals surface area contributed by atoms with Crippen LogP contribution in [0.4, 0.5) is 0 Å². The Labute approximate surface area is 166 Å². The lowest BCUT2D eigenvalue weighted by molar-refractivity contribution is -0.529. The number of furan rings is 1. The number of rotatable bonds is 4. The van der Waals surface area contributed by atoms with Crippen LogP contribution < -0.4 is 0 Å². The van der Waals surface area contributed by atoms with Gasteiger partial charge in [0.15, 0.2) is 5.78 Å². The molecule has 1 saturated heterocycles. The molecule has 2 aliphatic rings. The van der Waals surface area contributed by atoms with E-state index >= 15 is 0 Å². The van der Waals surface area contributed by atoms with E-state index in [4.69, 9.17) is 4.42 Å². The van der Waals surface area contributed by atoms with Crippen molar-refractivity contribution < 1.29 is 14.1 Å². The molecule has 1 aromatic heterocycles. The van der Waals surface area contributed by atoms with E-state index in [0.717, 1.165) is 11.1 Å². The predicted octanol–water partition coefficient (Wildman–Crippen LogP) is 3.66. The second-order valence-corrected chi connectivity index (χ2v) is 7.19. The maximum absolute atomic E-state index is 13.5. The van der Waals surface area contributed by atoms with Gasteiger partial charge in [-0.2, -0.15) is 5.10 Å². The van der Waals surface area contributed by atoms with Gasteiger partial charge in [-0.1, -0.05) is 54.6 Å². The van der Waals surface area contributed by atoms with Crippen molar-refractivity contribution in [2.24, 2.45) is 5.10 Å². The molecule has 144 valence electrons. The van der Waals surface area contributed by atoms with E-state index in [0.29, 0.717) is 11.3 Å². The van der Waals surface area contributed by atoms with E-state index in [1.807, 2.05) is 30.3 Å². The molecule has 0 unspecified atom stereocenters. The molecule has 0 N–H and O–H groups in total. The Bertz CT molecular complexity index is 1090. The summed E-state index contributed by atoms with van der Waals surface area (Å²) in [5, 5.41) is 18.3. The lowest BCUT2D eigenvalue weighted by Gasteiger charge is -2.30. The summed E-state index contributed by atoms with van der Waals surface area (Å²) in [4.78, 5) is 25.5. The number of hydrogen-bond donors (Lipinski definition) is 0. The molecule has 29 heavy (non-hydrogen) atoms. The molecule has 0 amide bonds. The Kier molecular flexibility index (Phi) is 4.01. The minimum Gasteiger partial charge on any atom is -0.469 e. The van der Waals surface area contributed by atoms with Gasteiger partial charge in [-0.15, -0.1) is 0 Å². The fourth-order valence-electron chi connectivity index (χ4n) is 4.48. The molecule has 2 aliphatic heterocycles. The molecule has 3 heterocycles. The average Bonchev–Trinajstić information content (AvgIpc) is 3.39. The summed E-state index contributed by atoms with van der Waals surface area (Å²) in [6, 6.07) is 17.1. The molecule has 0 spiro atoms. The predicted molar refractivity (Wildman–Crippen MR) is 105 cm³/mol. The highest BCUT2D eigenvalue weighted by Gasteiger charge is 2.61. The largest absolute Gasteiger partial charge is 0.469 e. The van der Waals surface area contributed by atoms with Crippen molar-refractivity contribution in [3.63, 3.8) is 0 Å². The number of carbonyl (C=O) groups is 1. The van der Waals surface area contributed by atoms with Crippen LogP contribution in [-0.2, 0) is 0 Å². The average molecular weight is 387 g/mol. The zero-order valence-electron chi connectivity index (χ0n) is 15.3. The Morgan fingerprint density at radius 1 is 1.03 bits per heavy atom. The maximum atomic E-state index is 13.5. The van der Waals surface area contributed by atoms with Crippen LogP contribution in [0, 0.1) is 10.1 Å². The summed E-state index contributed by atoms with van der Waals surface area (Å²) in [6.07, 6.45) is 3.14. The second kappa shape index (κ2) is 6.70. The summed E-state index contributed by atoms with van der Waals surface area (Å²) >= 11 is 0. The summed E-state index contributed by atoms with van der Waals surface area (Å²) in [7, 11) is 0. The highest BCUT2D eigenvalue weighted by Crippen LogP contribution is 2.49. The number of Topliss-reactive ketones (excluding diaryl/α,β-unsaturated/α-hetero) is 1. The van der Waals surface area contributed by atoms with Gasteiger partial charge in [0.2, 0.25) is 0 Å². The summed E-state index contributed by atoms with van der Waals surface area (Å²) in [5.74, 6) is -0.554. The smallest absolute Gasteiger partial charge is 0.251 e. The molecule has 1 fully saturated rings. The van der Waals surface area contributed by atoms with E-state index in [-0.39, 0.29) is 10.7 Å². The lowest BCUT2D eigenvalue weighted by atomic mass is 9.85. The molecule has 0 saturated carbocycles. The van der Waals surface area contributed by atoms with Gasteiger partial charge in [-0.05, 0) is 17.7 Å². The van der Waals surface area contributed by atoms with Crippen LogP contribution in [0.3, 0.4) is 0 Å². The van der Waals surface area contributed by atoms with Crippen molar-refractivity contribution in [3.8, 4) is 0 Å². The number of ketones is 1. The van der Waals surface area contributed by atoms with Gasteiger partial charge in [-0.25, -0.2) is 0 Å². The fraction of sp³-hybridized carbons (Fsp3) is 0.182. The first-order valence-corrected chi connectivity index (χ1v) is 9.34. The molecule has 0 radical (unpaired) electrons. The van der Waals surface area contributed by atoms with Crippen LogP contribution in [-0.4, -0.2) is 34.0 Å². The summed E-state index contributed by atoms with van der Waals surface area (Å²) in [6.45, 7) is 0. The Hall–Kier alpha value is -3.74. The number of benzene rings is 2. The molecule has 5 rings (SSSR count). The van der Waals surface area contributed by atoms with Crippen LogP contribution in [0.1, 0.15) is 39.2 Å². The number of nitrogens with zero attached hydrogens (tertiary/aromatic N) is 3. The molecule has 2 aromatic carbocycles. The van der Waals surface area contributed by atoms with Crippen molar-refractivity contribution in [1.29, 1.82) is 0 Å². The molecular formula is C22H17N3O4. The third-order valence-corrected chi connectivity index (χ3v) is 5.69. The lowest BCUT2D eigenvalue weighted by Crippen LogP contribution is -2.38. The summed E-state index contributed by atoms with van der Waals surface area (Å²) in [5.41, 5.74) is 2.11. The minimum absolute atomic E-state index is 0.210. The van der Waals surface area contributed by atoms with Gasteiger partial charge >= 0.3 is 0 Å². The van der Waals surface area contributed by atoms with E-state index in [2.05, 4.69) is 5.10 Å². The quantitative estimate of drug-likeness (QED) is 0.387. The Balaban J connectivity index is 1.70. The summed E-state index contributed by atoms with van der Waals surface area (Å²) < 4.78 is 5.57. The Morgan fingerprint density at radius 3 is 2.52 bits per heavy atom. The van der Waals surface area contributed by atoms with Crippen molar-refractivity contribution in [2.45, 2.75) is 24.0 Å². The van der Waals surface area contributed by atoms with Crippen molar-refractivity contribution in [2.75, 3.05) is 0 Å². The zero-order chi connectivity index (χ0) is 20.0. The van der Waals surface area contributed by atoms with E-state index in [9.17, 15) is 14.9 Å². The zero-order valence-corrected chi connectivity index (χ0v) is 15.3. The SMILES string of the molecule is O=C(c1ccccc1)[C@H]1[C@H](c2ccco2)[C@H]([N+](=O)[O-])[C@H]2c3ccccc3C=NN21. The standard InChI is InChI=1S/C22H17N3O4/c26-22(14-7-2-1-3-8-14)21-18(17-11-6-12-29-17)20(25(27)28)19-16-10-5-4-9-15(16)13-23-24(19)21/h1-13,18-21H/t18-,19-,20+,21-/m1/s1. The van der Waals surface area contributed by atoms with Gasteiger partial charge in [0.05, 0.1) is 12.5 Å². The van der Waals surface area contributed by atoms with Crippen molar-refractivity contribution >= 4 is 12.0 Å². The third-order valence-electron chi connectivity index (χ3n) is 5.69. The van der Waals surface area contributed by atoms with Gasteiger partial charge in [-0.3, -0.25) is 19.9 Å². The van der Waals surface area contributed by atoms with Crippen LogP contribution in [0.5, 0.6) is 0 Å². The van der Waals surface area contributed by atoms with Gasteiger partial charge in [0, 0.05) is 16.1 Å². The first kappa shape index (κ1) is 17.4. The monoisotopic (exact) mass is 387 g/mol. The van der Waals surface area contributed by atoms with Gasteiger partial charge in [0.25, 0.3) is 6.04 Å². The number of hydrazone groups is 1. The highest BCUT2D eigenvalue weighted by molar-refractivity contribution is 6.01.